The fraction of sp³-hybridized carbons (Fsp3) is 0.391. The number of ether oxygens (including phenoxy) is 2. The Morgan fingerprint density at radius 3 is 2.12 bits per heavy atom. The molecule has 0 saturated carbocycles. The van der Waals surface area contributed by atoms with E-state index in [0.29, 0.717) is 5.56 Å². The molecule has 2 aromatic rings. The Labute approximate surface area is 194 Å². The summed E-state index contributed by atoms with van der Waals surface area (Å²) in [6.07, 6.45) is -10.7. The van der Waals surface area contributed by atoms with Gasteiger partial charge in [0.2, 0.25) is 0 Å². The second-order valence-corrected chi connectivity index (χ2v) is 7.77. The highest BCUT2D eigenvalue weighted by atomic mass is 16.7. The van der Waals surface area contributed by atoms with E-state index in [1.807, 2.05) is 0 Å². The van der Waals surface area contributed by atoms with Gasteiger partial charge in [0.25, 0.3) is 0 Å². The number of aliphatic hydroxyl groups excluding tert-OH is 5. The van der Waals surface area contributed by atoms with E-state index in [9.17, 15) is 46.0 Å². The van der Waals surface area contributed by atoms with Crippen molar-refractivity contribution in [1.29, 1.82) is 0 Å². The molecule has 1 aliphatic rings. The van der Waals surface area contributed by atoms with Gasteiger partial charge in [0.1, 0.15) is 36.6 Å². The summed E-state index contributed by atoms with van der Waals surface area (Å²) in [6, 6.07) is 7.51. The molecule has 9 N–H and O–H groups in total. The van der Waals surface area contributed by atoms with Crippen molar-refractivity contribution in [2.24, 2.45) is 0 Å². The number of benzene rings is 2. The molecule has 1 fully saturated rings. The van der Waals surface area contributed by atoms with E-state index in [1.54, 1.807) is 0 Å². The van der Waals surface area contributed by atoms with Crippen molar-refractivity contribution >= 4 is 0 Å². The fourth-order valence-corrected chi connectivity index (χ4v) is 3.38. The van der Waals surface area contributed by atoms with Gasteiger partial charge < -0.3 is 55.4 Å². The van der Waals surface area contributed by atoms with Crippen molar-refractivity contribution < 1.29 is 55.4 Å². The highest BCUT2D eigenvalue weighted by molar-refractivity contribution is 5.46. The van der Waals surface area contributed by atoms with E-state index in [-0.39, 0.29) is 23.5 Å². The van der Waals surface area contributed by atoms with Crippen LogP contribution in [0, 0.1) is 11.8 Å². The maximum absolute atomic E-state index is 10.9. The Morgan fingerprint density at radius 1 is 0.853 bits per heavy atom. The number of hydrogen-bond acceptors (Lipinski definition) is 11. The van der Waals surface area contributed by atoms with Gasteiger partial charge in [-0.25, -0.2) is 0 Å². The molecule has 0 amide bonds. The summed E-state index contributed by atoms with van der Waals surface area (Å²) >= 11 is 0. The molecule has 11 nitrogen and oxygen atoms in total. The van der Waals surface area contributed by atoms with Crippen LogP contribution in [0.15, 0.2) is 36.4 Å². The third kappa shape index (κ3) is 5.69. The standard InChI is InChI=1S/C23H26O11/c24-10-18-20(30)21(31)22(32)23(34-18)33-17(19(29)12-5-7-14(26)16(28)9-12)3-1-2-11-4-6-13(25)15(27)8-11/h4-9,17-32H,3,10H2/t17-,18+,19+,20-,21+,22-,23-/m1/s1. The molecule has 1 heterocycles. The first-order valence-electron chi connectivity index (χ1n) is 10.3. The number of phenols is 4. The first-order valence-corrected chi connectivity index (χ1v) is 10.3. The molecule has 11 heteroatoms. The predicted molar refractivity (Wildman–Crippen MR) is 115 cm³/mol. The molecule has 0 radical (unpaired) electrons. The number of phenolic OH excluding ortho intramolecular Hbond substituents is 4. The van der Waals surface area contributed by atoms with Gasteiger partial charge in [0.15, 0.2) is 29.3 Å². The van der Waals surface area contributed by atoms with Crippen molar-refractivity contribution in [3.05, 3.63) is 47.5 Å². The highest BCUT2D eigenvalue weighted by Gasteiger charge is 2.45. The molecule has 0 spiro atoms. The zero-order valence-electron chi connectivity index (χ0n) is 17.8. The number of rotatable bonds is 6. The fourth-order valence-electron chi connectivity index (χ4n) is 3.38. The lowest BCUT2D eigenvalue weighted by Crippen LogP contribution is -2.59. The lowest BCUT2D eigenvalue weighted by Gasteiger charge is -2.41. The summed E-state index contributed by atoms with van der Waals surface area (Å²) in [6.45, 7) is -0.673. The van der Waals surface area contributed by atoms with E-state index in [2.05, 4.69) is 11.8 Å². The normalized spacial score (nSPS) is 26.3. The van der Waals surface area contributed by atoms with Crippen LogP contribution in [0.5, 0.6) is 23.0 Å². The van der Waals surface area contributed by atoms with Crippen LogP contribution in [0.1, 0.15) is 23.7 Å². The zero-order valence-corrected chi connectivity index (χ0v) is 17.8. The molecular weight excluding hydrogens is 452 g/mol. The summed E-state index contributed by atoms with van der Waals surface area (Å²) in [5.41, 5.74) is 0.479. The Morgan fingerprint density at radius 2 is 1.50 bits per heavy atom. The van der Waals surface area contributed by atoms with E-state index < -0.39 is 61.0 Å². The molecule has 2 aromatic carbocycles. The van der Waals surface area contributed by atoms with Crippen molar-refractivity contribution in [2.75, 3.05) is 6.61 Å². The molecule has 0 aliphatic carbocycles. The molecule has 1 saturated heterocycles. The lowest BCUT2D eigenvalue weighted by atomic mass is 9.98. The van der Waals surface area contributed by atoms with Gasteiger partial charge in [-0.2, -0.15) is 0 Å². The van der Waals surface area contributed by atoms with Crippen LogP contribution in [-0.2, 0) is 9.47 Å². The SMILES string of the molecule is OC[C@@H]1O[C@@H](O[C@H](CC#Cc2ccc(O)c(O)c2)[C@@H](O)c2ccc(O)c(O)c2)[C@H](O)[C@@H](O)[C@@H]1O. The van der Waals surface area contributed by atoms with Crippen LogP contribution < -0.4 is 0 Å². The minimum Gasteiger partial charge on any atom is -0.504 e. The van der Waals surface area contributed by atoms with Gasteiger partial charge in [0, 0.05) is 12.0 Å². The molecule has 184 valence electrons. The van der Waals surface area contributed by atoms with Gasteiger partial charge in [-0.05, 0) is 35.9 Å². The Bertz CT molecular complexity index is 1040. The minimum atomic E-state index is -1.72. The van der Waals surface area contributed by atoms with Crippen LogP contribution in [0.2, 0.25) is 0 Å². The van der Waals surface area contributed by atoms with Crippen LogP contribution in [-0.4, -0.2) is 89.4 Å². The van der Waals surface area contributed by atoms with E-state index in [0.717, 1.165) is 12.1 Å². The topological polar surface area (TPSA) is 201 Å². The van der Waals surface area contributed by atoms with Crippen molar-refractivity contribution in [2.45, 2.75) is 49.3 Å². The number of aromatic hydroxyl groups is 4. The lowest BCUT2D eigenvalue weighted by molar-refractivity contribution is -0.316. The summed E-state index contributed by atoms with van der Waals surface area (Å²) in [5.74, 6) is 3.86. The molecule has 7 atom stereocenters. The van der Waals surface area contributed by atoms with Gasteiger partial charge in [-0.3, -0.25) is 0 Å². The molecule has 0 unspecified atom stereocenters. The molecule has 0 aromatic heterocycles. The molecule has 34 heavy (non-hydrogen) atoms. The summed E-state index contributed by atoms with van der Waals surface area (Å²) in [7, 11) is 0. The van der Waals surface area contributed by atoms with Crippen molar-refractivity contribution in [3.8, 4) is 34.8 Å². The quantitative estimate of drug-likeness (QED) is 0.185. The van der Waals surface area contributed by atoms with E-state index in [4.69, 9.17) is 9.47 Å². The molecule has 1 aliphatic heterocycles. The molecular formula is C23H26O11. The van der Waals surface area contributed by atoms with Gasteiger partial charge in [-0.1, -0.05) is 17.9 Å². The third-order valence-corrected chi connectivity index (χ3v) is 5.36. The highest BCUT2D eigenvalue weighted by Crippen LogP contribution is 2.32. The predicted octanol–water partition coefficient (Wildman–Crippen LogP) is -0.831. The molecule has 0 bridgehead atoms. The first kappa shape index (κ1) is 25.5. The van der Waals surface area contributed by atoms with Gasteiger partial charge >= 0.3 is 0 Å². The van der Waals surface area contributed by atoms with Crippen LogP contribution in [0.4, 0.5) is 0 Å². The Kier molecular flexibility index (Phi) is 8.19. The second kappa shape index (κ2) is 10.9. The van der Waals surface area contributed by atoms with Crippen LogP contribution in [0.25, 0.3) is 0 Å². The van der Waals surface area contributed by atoms with E-state index in [1.165, 1.54) is 24.3 Å². The third-order valence-electron chi connectivity index (χ3n) is 5.36. The Balaban J connectivity index is 1.86. The summed E-state index contributed by atoms with van der Waals surface area (Å²) in [5, 5.41) is 88.8. The zero-order chi connectivity index (χ0) is 25.0. The number of hydrogen-bond donors (Lipinski definition) is 9. The molecule has 3 rings (SSSR count). The Hall–Kier alpha value is -3.08. The maximum atomic E-state index is 10.9. The summed E-state index contributed by atoms with van der Waals surface area (Å²) in [4.78, 5) is 0. The first-order chi connectivity index (χ1) is 16.1. The average Bonchev–Trinajstić information content (AvgIpc) is 2.82. The largest absolute Gasteiger partial charge is 0.504 e. The van der Waals surface area contributed by atoms with Crippen LogP contribution in [0.3, 0.4) is 0 Å². The minimum absolute atomic E-state index is 0.133. The average molecular weight is 478 g/mol. The van der Waals surface area contributed by atoms with Crippen molar-refractivity contribution in [1.82, 2.24) is 0 Å². The monoisotopic (exact) mass is 478 g/mol. The number of aliphatic hydroxyl groups is 5. The summed E-state index contributed by atoms with van der Waals surface area (Å²) < 4.78 is 11.0. The van der Waals surface area contributed by atoms with Crippen molar-refractivity contribution in [3.63, 3.8) is 0 Å². The second-order valence-electron chi connectivity index (χ2n) is 7.77. The van der Waals surface area contributed by atoms with E-state index >= 15 is 0 Å². The smallest absolute Gasteiger partial charge is 0.187 e. The van der Waals surface area contributed by atoms with Crippen LogP contribution >= 0.6 is 0 Å². The maximum Gasteiger partial charge on any atom is 0.187 e. The van der Waals surface area contributed by atoms with Gasteiger partial charge in [-0.15, -0.1) is 0 Å². The van der Waals surface area contributed by atoms with Gasteiger partial charge in [0.05, 0.1) is 6.61 Å².